The summed E-state index contributed by atoms with van der Waals surface area (Å²) in [6, 6.07) is 2.34. The van der Waals surface area contributed by atoms with Crippen molar-refractivity contribution in [2.24, 2.45) is 0 Å². The van der Waals surface area contributed by atoms with Crippen molar-refractivity contribution in [3.8, 4) is 6.07 Å². The molecule has 2 rings (SSSR count). The molecule has 5 heteroatoms. The van der Waals surface area contributed by atoms with E-state index in [4.69, 9.17) is 5.26 Å². The van der Waals surface area contributed by atoms with E-state index in [0.29, 0.717) is 0 Å². The topological polar surface area (TPSA) is 48.1 Å². The lowest BCUT2D eigenvalue weighted by molar-refractivity contribution is 0.114. The predicted octanol–water partition coefficient (Wildman–Crippen LogP) is 0.933. The van der Waals surface area contributed by atoms with Crippen molar-refractivity contribution in [2.75, 3.05) is 26.2 Å². The van der Waals surface area contributed by atoms with E-state index in [1.165, 1.54) is 5.56 Å². The third-order valence-electron chi connectivity index (χ3n) is 3.56. The van der Waals surface area contributed by atoms with Crippen LogP contribution in [-0.2, 0) is 13.1 Å². The minimum absolute atomic E-state index is 0.0370. The van der Waals surface area contributed by atoms with Gasteiger partial charge >= 0.3 is 0 Å². The van der Waals surface area contributed by atoms with E-state index >= 15 is 0 Å². The quantitative estimate of drug-likeness (QED) is 0.794. The van der Waals surface area contributed by atoms with Gasteiger partial charge in [0.05, 0.1) is 18.3 Å². The van der Waals surface area contributed by atoms with E-state index in [0.717, 1.165) is 39.3 Å². The van der Waals surface area contributed by atoms with E-state index in [1.54, 1.807) is 0 Å². The normalized spacial score (nSPS) is 19.6. The summed E-state index contributed by atoms with van der Waals surface area (Å²) in [5.74, 6) is 0. The monoisotopic (exact) mass is 247 g/mol. The van der Waals surface area contributed by atoms with Crippen LogP contribution in [0, 0.1) is 11.3 Å². The van der Waals surface area contributed by atoms with Gasteiger partial charge in [-0.05, 0) is 13.8 Å². The molecule has 1 saturated heterocycles. The number of hydrogen-bond acceptors (Lipinski definition) is 4. The van der Waals surface area contributed by atoms with Crippen LogP contribution in [0.15, 0.2) is 12.4 Å². The molecule has 1 atom stereocenters. The summed E-state index contributed by atoms with van der Waals surface area (Å²) in [4.78, 5) is 4.67. The molecule has 0 aliphatic carbocycles. The number of aromatic nitrogens is 2. The lowest BCUT2D eigenvalue weighted by Gasteiger charge is -2.35. The Morgan fingerprint density at radius 3 is 2.67 bits per heavy atom. The molecule has 5 nitrogen and oxygen atoms in total. The molecular formula is C13H21N5. The van der Waals surface area contributed by atoms with E-state index in [2.05, 4.69) is 34.1 Å². The zero-order valence-corrected chi connectivity index (χ0v) is 11.2. The molecule has 0 spiro atoms. The first-order chi connectivity index (χ1) is 8.72. The molecule has 0 aromatic carbocycles. The van der Waals surface area contributed by atoms with Crippen LogP contribution in [-0.4, -0.2) is 51.8 Å². The maximum atomic E-state index is 8.90. The van der Waals surface area contributed by atoms with Crippen molar-refractivity contribution in [3.05, 3.63) is 18.0 Å². The summed E-state index contributed by atoms with van der Waals surface area (Å²) in [5, 5.41) is 13.2. The summed E-state index contributed by atoms with van der Waals surface area (Å²) < 4.78 is 1.96. The Balaban J connectivity index is 1.82. The fourth-order valence-corrected chi connectivity index (χ4v) is 2.31. The Bertz CT molecular complexity index is 411. The molecule has 1 fully saturated rings. The highest BCUT2D eigenvalue weighted by atomic mass is 15.3. The molecule has 0 N–H and O–H groups in total. The van der Waals surface area contributed by atoms with E-state index < -0.39 is 0 Å². The summed E-state index contributed by atoms with van der Waals surface area (Å²) in [5.41, 5.74) is 1.28. The van der Waals surface area contributed by atoms with Crippen LogP contribution in [0.3, 0.4) is 0 Å². The maximum absolute atomic E-state index is 8.90. The van der Waals surface area contributed by atoms with E-state index in [9.17, 15) is 0 Å². The molecule has 0 saturated carbocycles. The summed E-state index contributed by atoms with van der Waals surface area (Å²) >= 11 is 0. The molecule has 18 heavy (non-hydrogen) atoms. The van der Waals surface area contributed by atoms with Crippen LogP contribution in [0.4, 0.5) is 0 Å². The second-order valence-corrected chi connectivity index (χ2v) is 4.82. The van der Waals surface area contributed by atoms with Gasteiger partial charge in [-0.15, -0.1) is 0 Å². The largest absolute Gasteiger partial charge is 0.296 e. The van der Waals surface area contributed by atoms with E-state index in [1.807, 2.05) is 17.8 Å². The SMILES string of the molecule is CCn1cc(CN2CCN(C(C)C#N)CC2)cn1. The highest BCUT2D eigenvalue weighted by Crippen LogP contribution is 2.09. The highest BCUT2D eigenvalue weighted by molar-refractivity contribution is 5.04. The number of nitriles is 1. The maximum Gasteiger partial charge on any atom is 0.0950 e. The molecule has 0 radical (unpaired) electrons. The van der Waals surface area contributed by atoms with Crippen LogP contribution in [0.1, 0.15) is 19.4 Å². The predicted molar refractivity (Wildman–Crippen MR) is 69.8 cm³/mol. The highest BCUT2D eigenvalue weighted by Gasteiger charge is 2.20. The third kappa shape index (κ3) is 3.09. The number of hydrogen-bond donors (Lipinski definition) is 0. The fraction of sp³-hybridized carbons (Fsp3) is 0.692. The Hall–Kier alpha value is -1.38. The van der Waals surface area contributed by atoms with Crippen LogP contribution in [0.5, 0.6) is 0 Å². The molecule has 1 aliphatic rings. The first-order valence-electron chi connectivity index (χ1n) is 6.60. The van der Waals surface area contributed by atoms with Gasteiger partial charge in [-0.3, -0.25) is 14.5 Å². The first kappa shape index (κ1) is 13.1. The van der Waals surface area contributed by atoms with E-state index in [-0.39, 0.29) is 6.04 Å². The molecule has 0 bridgehead atoms. The van der Waals surface area contributed by atoms with Crippen molar-refractivity contribution in [1.29, 1.82) is 5.26 Å². The summed E-state index contributed by atoms with van der Waals surface area (Å²) in [6.45, 7) is 9.99. The van der Waals surface area contributed by atoms with Crippen LogP contribution in [0.25, 0.3) is 0 Å². The molecule has 0 amide bonds. The number of rotatable bonds is 4. The Labute approximate surface area is 109 Å². The van der Waals surface area contributed by atoms with Crippen molar-refractivity contribution >= 4 is 0 Å². The zero-order chi connectivity index (χ0) is 13.0. The van der Waals surface area contributed by atoms with Gasteiger partial charge in [-0.25, -0.2) is 0 Å². The number of piperazine rings is 1. The van der Waals surface area contributed by atoms with Gasteiger partial charge in [0.2, 0.25) is 0 Å². The minimum atomic E-state index is 0.0370. The second-order valence-electron chi connectivity index (χ2n) is 4.82. The fourth-order valence-electron chi connectivity index (χ4n) is 2.31. The van der Waals surface area contributed by atoms with Gasteiger partial charge in [0, 0.05) is 51.0 Å². The van der Waals surface area contributed by atoms with Crippen molar-refractivity contribution in [1.82, 2.24) is 19.6 Å². The van der Waals surface area contributed by atoms with Crippen molar-refractivity contribution < 1.29 is 0 Å². The lowest BCUT2D eigenvalue weighted by Crippen LogP contribution is -2.48. The molecule has 98 valence electrons. The number of nitrogens with zero attached hydrogens (tertiary/aromatic N) is 5. The van der Waals surface area contributed by atoms with Crippen LogP contribution < -0.4 is 0 Å². The van der Waals surface area contributed by atoms with Gasteiger partial charge in [0.15, 0.2) is 0 Å². The third-order valence-corrected chi connectivity index (χ3v) is 3.56. The molecule has 2 heterocycles. The van der Waals surface area contributed by atoms with Gasteiger partial charge in [-0.2, -0.15) is 10.4 Å². The standard InChI is InChI=1S/C13H21N5/c1-3-18-11-13(9-15-18)10-16-4-6-17(7-5-16)12(2)8-14/h9,11-12H,3-7,10H2,1-2H3. The molecular weight excluding hydrogens is 226 g/mol. The van der Waals surface area contributed by atoms with Gasteiger partial charge < -0.3 is 0 Å². The minimum Gasteiger partial charge on any atom is -0.296 e. The molecule has 1 aromatic rings. The number of aryl methyl sites for hydroxylation is 1. The van der Waals surface area contributed by atoms with Crippen LogP contribution in [0.2, 0.25) is 0 Å². The molecule has 1 unspecified atom stereocenters. The van der Waals surface area contributed by atoms with Gasteiger partial charge in [0.1, 0.15) is 0 Å². The lowest BCUT2D eigenvalue weighted by atomic mass is 10.2. The van der Waals surface area contributed by atoms with Gasteiger partial charge in [-0.1, -0.05) is 0 Å². The van der Waals surface area contributed by atoms with Crippen LogP contribution >= 0.6 is 0 Å². The molecule has 1 aromatic heterocycles. The first-order valence-corrected chi connectivity index (χ1v) is 6.60. The molecule has 1 aliphatic heterocycles. The average molecular weight is 247 g/mol. The Morgan fingerprint density at radius 1 is 1.39 bits per heavy atom. The summed E-state index contributed by atoms with van der Waals surface area (Å²) in [7, 11) is 0. The summed E-state index contributed by atoms with van der Waals surface area (Å²) in [6.07, 6.45) is 4.07. The zero-order valence-electron chi connectivity index (χ0n) is 11.2. The Kier molecular flexibility index (Phi) is 4.34. The Morgan fingerprint density at radius 2 is 2.11 bits per heavy atom. The average Bonchev–Trinajstić information content (AvgIpc) is 2.86. The smallest absolute Gasteiger partial charge is 0.0950 e. The van der Waals surface area contributed by atoms with Gasteiger partial charge in [0.25, 0.3) is 0 Å². The van der Waals surface area contributed by atoms with Crippen molar-refractivity contribution in [3.63, 3.8) is 0 Å². The second kappa shape index (κ2) is 5.98. The van der Waals surface area contributed by atoms with Crippen molar-refractivity contribution in [2.45, 2.75) is 33.0 Å².